The van der Waals surface area contributed by atoms with Crippen LogP contribution in [0, 0.1) is 0 Å². The molecule has 0 N–H and O–H groups in total. The van der Waals surface area contributed by atoms with Crippen molar-refractivity contribution in [2.24, 2.45) is 0 Å². The minimum absolute atomic E-state index is 0.0358. The van der Waals surface area contributed by atoms with E-state index in [1.54, 1.807) is 6.08 Å². The van der Waals surface area contributed by atoms with E-state index >= 15 is 0 Å². The second kappa shape index (κ2) is 9.13. The summed E-state index contributed by atoms with van der Waals surface area (Å²) in [6.45, 7) is 9.53. The monoisotopic (exact) mass is 317 g/mol. The van der Waals surface area contributed by atoms with Crippen molar-refractivity contribution in [1.82, 2.24) is 4.90 Å². The van der Waals surface area contributed by atoms with Gasteiger partial charge in [-0.3, -0.25) is 9.69 Å². The lowest BCUT2D eigenvalue weighted by atomic mass is 10.1. The Morgan fingerprint density at radius 3 is 2.43 bits per heavy atom. The maximum atomic E-state index is 12.4. The number of amides is 1. The molecule has 1 aromatic rings. The average molecular weight is 317 g/mol. The number of carbonyl (C=O) groups excluding carboxylic acids is 2. The first-order chi connectivity index (χ1) is 10.8. The first kappa shape index (κ1) is 18.9. The molecule has 1 amide bonds. The minimum atomic E-state index is -0.585. The van der Waals surface area contributed by atoms with Crippen LogP contribution in [-0.2, 0) is 16.1 Å². The minimum Gasteiger partial charge on any atom is -0.444 e. The van der Waals surface area contributed by atoms with Gasteiger partial charge in [0.25, 0.3) is 0 Å². The van der Waals surface area contributed by atoms with Crippen molar-refractivity contribution in [1.29, 1.82) is 0 Å². The molecule has 0 aliphatic heterocycles. The third-order valence-electron chi connectivity index (χ3n) is 3.10. The van der Waals surface area contributed by atoms with Crippen molar-refractivity contribution in [2.45, 2.75) is 52.2 Å². The molecule has 0 aliphatic carbocycles. The molecule has 1 rings (SSSR count). The first-order valence-corrected chi connectivity index (χ1v) is 7.96. The van der Waals surface area contributed by atoms with Crippen LogP contribution < -0.4 is 0 Å². The van der Waals surface area contributed by atoms with Crippen LogP contribution in [0.25, 0.3) is 0 Å². The Hall–Kier alpha value is -2.10. The standard InChI is InChI=1S/C19H27NO3/c1-5-6-8-13-17(21)15-20(18(22)23-19(2,3)4)14-16-11-9-7-10-12-16/h5,7,9-12H,1,6,8,13-15H2,2-4H3. The van der Waals surface area contributed by atoms with Crippen LogP contribution in [0.4, 0.5) is 4.79 Å². The molecule has 126 valence electrons. The van der Waals surface area contributed by atoms with Crippen molar-refractivity contribution in [3.05, 3.63) is 48.6 Å². The number of hydrogen-bond donors (Lipinski definition) is 0. The van der Waals surface area contributed by atoms with Gasteiger partial charge >= 0.3 is 6.09 Å². The normalized spacial score (nSPS) is 10.9. The van der Waals surface area contributed by atoms with Crippen molar-refractivity contribution in [2.75, 3.05) is 6.54 Å². The molecule has 0 radical (unpaired) electrons. The maximum Gasteiger partial charge on any atom is 0.410 e. The molecule has 0 fully saturated rings. The summed E-state index contributed by atoms with van der Waals surface area (Å²) in [7, 11) is 0. The number of carbonyl (C=O) groups is 2. The molecule has 0 heterocycles. The number of allylic oxidation sites excluding steroid dienone is 1. The van der Waals surface area contributed by atoms with Crippen molar-refractivity contribution >= 4 is 11.9 Å². The predicted octanol–water partition coefficient (Wildman–Crippen LogP) is 4.35. The van der Waals surface area contributed by atoms with Crippen LogP contribution in [0.3, 0.4) is 0 Å². The zero-order valence-electron chi connectivity index (χ0n) is 14.4. The van der Waals surface area contributed by atoms with E-state index in [4.69, 9.17) is 4.74 Å². The molecule has 1 aromatic carbocycles. The van der Waals surface area contributed by atoms with E-state index in [9.17, 15) is 9.59 Å². The quantitative estimate of drug-likeness (QED) is 0.529. The summed E-state index contributed by atoms with van der Waals surface area (Å²) >= 11 is 0. The molecule has 0 atom stereocenters. The number of nitrogens with zero attached hydrogens (tertiary/aromatic N) is 1. The largest absolute Gasteiger partial charge is 0.444 e. The Labute approximate surface area is 139 Å². The third-order valence-corrected chi connectivity index (χ3v) is 3.10. The van der Waals surface area contributed by atoms with Crippen molar-refractivity contribution in [3.63, 3.8) is 0 Å². The van der Waals surface area contributed by atoms with E-state index in [1.165, 1.54) is 4.90 Å². The SMILES string of the molecule is C=CCCCC(=O)CN(Cc1ccccc1)C(=O)OC(C)(C)C. The van der Waals surface area contributed by atoms with Gasteiger partial charge in [-0.15, -0.1) is 6.58 Å². The highest BCUT2D eigenvalue weighted by atomic mass is 16.6. The van der Waals surface area contributed by atoms with E-state index in [1.807, 2.05) is 51.1 Å². The van der Waals surface area contributed by atoms with Gasteiger partial charge in [-0.2, -0.15) is 0 Å². The number of ketones is 1. The lowest BCUT2D eigenvalue weighted by Crippen LogP contribution is -2.39. The van der Waals surface area contributed by atoms with Gasteiger partial charge in [0, 0.05) is 13.0 Å². The number of benzene rings is 1. The first-order valence-electron chi connectivity index (χ1n) is 7.96. The predicted molar refractivity (Wildman–Crippen MR) is 92.1 cm³/mol. The topological polar surface area (TPSA) is 46.6 Å². The summed E-state index contributed by atoms with van der Waals surface area (Å²) in [6, 6.07) is 9.60. The van der Waals surface area contributed by atoms with Crippen LogP contribution in [0.2, 0.25) is 0 Å². The number of ether oxygens (including phenoxy) is 1. The molecule has 4 nitrogen and oxygen atoms in total. The molecule has 23 heavy (non-hydrogen) atoms. The summed E-state index contributed by atoms with van der Waals surface area (Å²) in [6.07, 6.45) is 3.34. The molecule has 0 unspecified atom stereocenters. The molecule has 4 heteroatoms. The fourth-order valence-electron chi connectivity index (χ4n) is 2.05. The number of rotatable bonds is 8. The fourth-order valence-corrected chi connectivity index (χ4v) is 2.05. The second-order valence-electron chi connectivity index (χ2n) is 6.54. The molecular formula is C19H27NO3. The van der Waals surface area contributed by atoms with E-state index < -0.39 is 11.7 Å². The molecule has 0 bridgehead atoms. The van der Waals surface area contributed by atoms with E-state index in [2.05, 4.69) is 6.58 Å². The molecule has 0 aliphatic rings. The summed E-state index contributed by atoms with van der Waals surface area (Å²) in [5.74, 6) is 0.0358. The Bertz CT molecular complexity index is 517. The van der Waals surface area contributed by atoms with E-state index in [0.717, 1.165) is 18.4 Å². The highest BCUT2D eigenvalue weighted by Gasteiger charge is 2.23. The maximum absolute atomic E-state index is 12.4. The highest BCUT2D eigenvalue weighted by Crippen LogP contribution is 2.13. The molecular weight excluding hydrogens is 290 g/mol. The van der Waals surface area contributed by atoms with Gasteiger partial charge in [0.15, 0.2) is 5.78 Å². The number of unbranched alkanes of at least 4 members (excludes halogenated alkanes) is 1. The smallest absolute Gasteiger partial charge is 0.410 e. The second-order valence-corrected chi connectivity index (χ2v) is 6.54. The molecule has 0 spiro atoms. The van der Waals surface area contributed by atoms with Crippen molar-refractivity contribution in [3.8, 4) is 0 Å². The molecule has 0 saturated heterocycles. The number of hydrogen-bond acceptors (Lipinski definition) is 3. The summed E-state index contributed by atoms with van der Waals surface area (Å²) in [4.78, 5) is 25.9. The average Bonchev–Trinajstić information content (AvgIpc) is 2.46. The van der Waals surface area contributed by atoms with Gasteiger partial charge in [0.05, 0.1) is 6.54 Å². The van der Waals surface area contributed by atoms with Gasteiger partial charge in [0.1, 0.15) is 5.60 Å². The lowest BCUT2D eigenvalue weighted by molar-refractivity contribution is -0.120. The van der Waals surface area contributed by atoms with Gasteiger partial charge in [-0.05, 0) is 39.2 Å². The summed E-state index contributed by atoms with van der Waals surface area (Å²) in [5, 5.41) is 0. The zero-order valence-corrected chi connectivity index (χ0v) is 14.4. The van der Waals surface area contributed by atoms with Crippen LogP contribution >= 0.6 is 0 Å². The zero-order chi connectivity index (χ0) is 17.3. The van der Waals surface area contributed by atoms with Gasteiger partial charge in [-0.1, -0.05) is 36.4 Å². The van der Waals surface area contributed by atoms with Crippen LogP contribution in [0.1, 0.15) is 45.6 Å². The van der Waals surface area contributed by atoms with E-state index in [0.29, 0.717) is 13.0 Å². The fraction of sp³-hybridized carbons (Fsp3) is 0.474. The Morgan fingerprint density at radius 1 is 1.22 bits per heavy atom. The van der Waals surface area contributed by atoms with Crippen molar-refractivity contribution < 1.29 is 14.3 Å². The van der Waals surface area contributed by atoms with Crippen LogP contribution in [0.15, 0.2) is 43.0 Å². The van der Waals surface area contributed by atoms with E-state index in [-0.39, 0.29) is 12.3 Å². The Morgan fingerprint density at radius 2 is 1.87 bits per heavy atom. The Balaban J connectivity index is 2.73. The third kappa shape index (κ3) is 8.19. The number of Topliss-reactive ketones (excluding diaryl/α,β-unsaturated/α-hetero) is 1. The summed E-state index contributed by atoms with van der Waals surface area (Å²) < 4.78 is 5.42. The van der Waals surface area contributed by atoms with Gasteiger partial charge in [0.2, 0.25) is 0 Å². The summed E-state index contributed by atoms with van der Waals surface area (Å²) in [5.41, 5.74) is 0.384. The van der Waals surface area contributed by atoms with Gasteiger partial charge < -0.3 is 4.74 Å². The highest BCUT2D eigenvalue weighted by molar-refractivity contribution is 5.84. The Kier molecular flexibility index (Phi) is 7.52. The lowest BCUT2D eigenvalue weighted by Gasteiger charge is -2.27. The van der Waals surface area contributed by atoms with Crippen LogP contribution in [0.5, 0.6) is 0 Å². The molecule has 0 saturated carbocycles. The van der Waals surface area contributed by atoms with Gasteiger partial charge in [-0.25, -0.2) is 4.79 Å². The van der Waals surface area contributed by atoms with Crippen LogP contribution in [-0.4, -0.2) is 28.9 Å². The molecule has 0 aromatic heterocycles.